The average molecular weight is 1590 g/mol. The van der Waals surface area contributed by atoms with Crippen molar-refractivity contribution in [2.24, 2.45) is 0 Å². The molecule has 0 amide bonds. The number of nitrogens with one attached hydrogen (secondary N) is 1. The molecule has 24 nitrogen and oxygen atoms in total. The Morgan fingerprint density at radius 2 is 0.754 bits per heavy atom. The Labute approximate surface area is 686 Å². The largest absolute Gasteiger partial charge is 0.493 e. The molecule has 610 valence electrons. The molecule has 12 heterocycles. The van der Waals surface area contributed by atoms with Gasteiger partial charge in [0.1, 0.15) is 22.6 Å². The lowest BCUT2D eigenvalue weighted by molar-refractivity contribution is 0.291. The molecule has 1 saturated carbocycles. The van der Waals surface area contributed by atoms with E-state index in [9.17, 15) is 19.2 Å². The molecule has 12 aromatic rings. The predicted molar refractivity (Wildman–Crippen MR) is 466 cm³/mol. The second-order valence-electron chi connectivity index (χ2n) is 30.1. The van der Waals surface area contributed by atoms with Crippen molar-refractivity contribution in [3.63, 3.8) is 0 Å². The van der Waals surface area contributed by atoms with E-state index < -0.39 is 0 Å². The van der Waals surface area contributed by atoms with Gasteiger partial charge < -0.3 is 48.1 Å². The van der Waals surface area contributed by atoms with E-state index >= 15 is 0 Å². The fourth-order valence-electron chi connectivity index (χ4n) is 15.7. The maximum atomic E-state index is 13.0. The Balaban J connectivity index is 0.000000129. The van der Waals surface area contributed by atoms with E-state index in [0.29, 0.717) is 91.4 Å². The van der Waals surface area contributed by atoms with E-state index in [-0.39, 0.29) is 22.2 Å². The number of likely N-dealkylation sites (N-methyl/N-ethyl adjacent to an activating group) is 2. The number of fused-ring (bicyclic) bond motifs is 4. The number of rotatable bonds is 18. The van der Waals surface area contributed by atoms with Crippen molar-refractivity contribution in [3.05, 3.63) is 256 Å². The lowest BCUT2D eigenvalue weighted by atomic mass is 9.97. The molecule has 0 unspecified atom stereocenters. The Bertz CT molecular complexity index is 6210. The molecule has 0 atom stereocenters. The van der Waals surface area contributed by atoms with Crippen molar-refractivity contribution >= 4 is 44.9 Å². The van der Waals surface area contributed by atoms with Gasteiger partial charge in [-0.2, -0.15) is 0 Å². The van der Waals surface area contributed by atoms with Gasteiger partial charge in [0.25, 0.3) is 22.2 Å². The summed E-state index contributed by atoms with van der Waals surface area (Å²) in [6.07, 6.45) is 23.3. The van der Waals surface area contributed by atoms with Crippen LogP contribution < -0.4 is 65.4 Å². The highest BCUT2D eigenvalue weighted by molar-refractivity contribution is 5.76. The maximum absolute atomic E-state index is 13.0. The molecule has 8 aromatic heterocycles. The molecule has 118 heavy (non-hydrogen) atoms. The third-order valence-corrected chi connectivity index (χ3v) is 22.6. The lowest BCUT2D eigenvalue weighted by Crippen LogP contribution is -2.30. The van der Waals surface area contributed by atoms with Crippen molar-refractivity contribution in [1.82, 2.24) is 57.6 Å². The van der Waals surface area contributed by atoms with Crippen molar-refractivity contribution < 1.29 is 37.9 Å². The van der Waals surface area contributed by atoms with E-state index in [1.807, 2.05) is 124 Å². The van der Waals surface area contributed by atoms with Crippen molar-refractivity contribution in [1.29, 1.82) is 0 Å². The molecular formula is C94H102N12O12. The fraction of sp³-hybridized carbons (Fsp3) is 0.319. The number of benzene rings is 4. The van der Waals surface area contributed by atoms with Crippen LogP contribution in [-0.4, -0.2) is 181 Å². The number of hydrogen-bond donors (Lipinski definition) is 1. The first-order chi connectivity index (χ1) is 57.2. The highest BCUT2D eigenvalue weighted by atomic mass is 16.5. The lowest BCUT2D eigenvalue weighted by Gasteiger charge is -2.26. The summed E-state index contributed by atoms with van der Waals surface area (Å²) in [5.74, 6) is 4.99. The van der Waals surface area contributed by atoms with Crippen LogP contribution in [0.5, 0.6) is 46.0 Å². The molecule has 24 heteroatoms. The average Bonchev–Trinajstić information content (AvgIpc) is 0.926. The van der Waals surface area contributed by atoms with Crippen LogP contribution in [0.1, 0.15) is 90.0 Å². The van der Waals surface area contributed by atoms with Crippen LogP contribution in [-0.2, 0) is 0 Å². The molecule has 5 aliphatic rings. The zero-order valence-corrected chi connectivity index (χ0v) is 69.7. The molecule has 0 saturated heterocycles. The molecule has 1 fully saturated rings. The standard InChI is InChI=1S/C25H27N3O3.C24H27N3O3.C23H25N3O3.C22H23N3O3/c1-16-12-19(17-8-10-27(11-9-17)20-5-6-20)15-28-24(29)14-21(26-25(16)28)18-4-7-22(30-2)23(13-18)31-3;1-5-26-10-8-17(9-11-26)19-12-16(2)24-25-20(14-23(28)27(24)15-19)18-6-7-21(29-3)22(13-18)30-4;1-15-11-22-24-19(17-5-6-20(28-3)21(12-17)29-4)13-23(27)26(22)14-18(15)16-7-9-25(2)10-8-16;1-14-10-21-24-18(16-4-5-19(27-2)20(11-16)28-3)12-22(26)25(21)13-17(14)15-6-8-23-9-7-15/h4,7-8,12-15,20H,5-6,9-11H2,1-3H3;6-8,12-15H,5,9-11H2,1-4H3;5-7,11-14H,8-10H2,1-4H3;4-6,10-13,23H,7-9H2,1-3H3. The summed E-state index contributed by atoms with van der Waals surface area (Å²) in [4.78, 5) is 78.0. The molecule has 1 aliphatic carbocycles. The Morgan fingerprint density at radius 3 is 1.10 bits per heavy atom. The topological polar surface area (TPSA) is 233 Å². The van der Waals surface area contributed by atoms with Gasteiger partial charge in [-0.3, -0.25) is 46.6 Å². The van der Waals surface area contributed by atoms with Gasteiger partial charge in [-0.25, -0.2) is 19.9 Å². The van der Waals surface area contributed by atoms with Crippen LogP contribution in [0, 0.1) is 27.7 Å². The number of aromatic nitrogens is 8. The first kappa shape index (κ1) is 82.1. The van der Waals surface area contributed by atoms with Gasteiger partial charge in [0.2, 0.25) is 0 Å². The van der Waals surface area contributed by atoms with Crippen LogP contribution >= 0.6 is 0 Å². The Morgan fingerprint density at radius 1 is 0.373 bits per heavy atom. The van der Waals surface area contributed by atoms with Gasteiger partial charge in [-0.1, -0.05) is 31.2 Å². The molecule has 4 aromatic carbocycles. The first-order valence-electron chi connectivity index (χ1n) is 39.9. The van der Waals surface area contributed by atoms with E-state index in [4.69, 9.17) is 57.8 Å². The van der Waals surface area contributed by atoms with Gasteiger partial charge in [0.15, 0.2) is 46.0 Å². The normalized spacial score (nSPS) is 15.1. The minimum atomic E-state index is -0.106. The summed E-state index contributed by atoms with van der Waals surface area (Å²) in [5, 5.41) is 3.32. The van der Waals surface area contributed by atoms with E-state index in [1.165, 1.54) is 35.1 Å². The molecule has 17 rings (SSSR count). The second-order valence-corrected chi connectivity index (χ2v) is 30.1. The molecule has 4 aliphatic heterocycles. The highest BCUT2D eigenvalue weighted by Gasteiger charge is 2.30. The summed E-state index contributed by atoms with van der Waals surface area (Å²) in [5.41, 5.74) is 21.7. The molecule has 0 radical (unpaired) electrons. The van der Waals surface area contributed by atoms with Crippen LogP contribution in [0.2, 0.25) is 0 Å². The van der Waals surface area contributed by atoms with E-state index in [0.717, 1.165) is 157 Å². The number of aryl methyl sites for hydroxylation is 4. The van der Waals surface area contributed by atoms with E-state index in [2.05, 4.69) is 84.3 Å². The zero-order chi connectivity index (χ0) is 83.0. The van der Waals surface area contributed by atoms with Crippen molar-refractivity contribution in [2.45, 2.75) is 79.2 Å². The number of nitrogens with zero attached hydrogens (tertiary/aromatic N) is 11. The predicted octanol–water partition coefficient (Wildman–Crippen LogP) is 14.2. The van der Waals surface area contributed by atoms with Gasteiger partial charge in [-0.15, -0.1) is 0 Å². The fourth-order valence-corrected chi connectivity index (χ4v) is 15.7. The zero-order valence-electron chi connectivity index (χ0n) is 69.7. The quantitative estimate of drug-likeness (QED) is 0.0841. The third kappa shape index (κ3) is 17.9. The maximum Gasteiger partial charge on any atom is 0.258 e. The summed E-state index contributed by atoms with van der Waals surface area (Å²) in [6, 6.07) is 37.5. The summed E-state index contributed by atoms with van der Waals surface area (Å²) < 4.78 is 49.3. The van der Waals surface area contributed by atoms with Crippen LogP contribution in [0.4, 0.5) is 0 Å². The van der Waals surface area contributed by atoms with Crippen molar-refractivity contribution in [2.75, 3.05) is 123 Å². The Kier molecular flexibility index (Phi) is 25.3. The van der Waals surface area contributed by atoms with Crippen LogP contribution in [0.25, 0.3) is 89.9 Å². The first-order valence-corrected chi connectivity index (χ1v) is 39.9. The third-order valence-electron chi connectivity index (χ3n) is 22.6. The van der Waals surface area contributed by atoms with Crippen LogP contribution in [0.15, 0.2) is 190 Å². The Hall–Kier alpha value is -12.5. The van der Waals surface area contributed by atoms with E-state index in [1.54, 1.807) is 98.7 Å². The van der Waals surface area contributed by atoms with Crippen LogP contribution in [0.3, 0.4) is 0 Å². The number of hydrogen-bond acceptors (Lipinski definition) is 20. The van der Waals surface area contributed by atoms with Gasteiger partial charge in [-0.05, 0) is 250 Å². The number of ether oxygens (including phenoxy) is 8. The summed E-state index contributed by atoms with van der Waals surface area (Å²) in [7, 11) is 14.9. The summed E-state index contributed by atoms with van der Waals surface area (Å²) in [6.45, 7) is 19.3. The highest BCUT2D eigenvalue weighted by Crippen LogP contribution is 2.39. The smallest absolute Gasteiger partial charge is 0.258 e. The number of pyridine rings is 4. The number of methoxy groups -OCH3 is 8. The van der Waals surface area contributed by atoms with Gasteiger partial charge in [0.05, 0.1) is 79.7 Å². The minimum absolute atomic E-state index is 0.0873. The molecule has 1 N–H and O–H groups in total. The minimum Gasteiger partial charge on any atom is -0.493 e. The molecule has 0 spiro atoms. The monoisotopic (exact) mass is 1590 g/mol. The molecule has 0 bridgehead atoms. The SMILES string of the molecule is CCN1CC=C(c2cc(C)c3nc(-c4ccc(OC)c(OC)c4)cc(=O)n3c2)CC1.COc1ccc(-c2cc(=O)n3cc(C4=CCN(C)CC4)c(C)cc3n2)cc1OC.COc1ccc(-c2cc(=O)n3cc(C4=CCN(C5CC5)CC4)cc(C)c3n2)cc1OC.COc1ccc(-c2cc(=O)n3cc(C4=CCNCC4)c(C)cc3n2)cc1OC. The summed E-state index contributed by atoms with van der Waals surface area (Å²) >= 11 is 0. The second kappa shape index (κ2) is 36.4. The van der Waals surface area contributed by atoms with Crippen molar-refractivity contribution in [3.8, 4) is 91.0 Å². The van der Waals surface area contributed by atoms with Gasteiger partial charge in [0, 0.05) is 123 Å². The van der Waals surface area contributed by atoms with Gasteiger partial charge >= 0.3 is 0 Å². The molecular weight excluding hydrogens is 1490 g/mol.